The van der Waals surface area contributed by atoms with Gasteiger partial charge in [0.1, 0.15) is 20.0 Å². The van der Waals surface area contributed by atoms with Crippen molar-refractivity contribution in [3.63, 3.8) is 0 Å². The van der Waals surface area contributed by atoms with E-state index >= 15 is 0 Å². The lowest BCUT2D eigenvalue weighted by molar-refractivity contribution is -0.895. The molecule has 6 aliphatic rings. The molecule has 0 aliphatic carbocycles. The van der Waals surface area contributed by atoms with Crippen LogP contribution in [-0.2, 0) is 19.0 Å². The van der Waals surface area contributed by atoms with E-state index in [9.17, 15) is 18.0 Å². The van der Waals surface area contributed by atoms with Gasteiger partial charge in [-0.05, 0) is 25.7 Å². The molecular formula is C30H46N10O6S3+2. The van der Waals surface area contributed by atoms with E-state index in [2.05, 4.69) is 48.6 Å². The monoisotopic (exact) mass is 738 g/mol. The molecule has 19 heteroatoms. The molecule has 2 aromatic rings. The highest BCUT2D eigenvalue weighted by atomic mass is 32.3. The Bertz CT molecular complexity index is 1580. The summed E-state index contributed by atoms with van der Waals surface area (Å²) in [5, 5.41) is 23.3. The molecule has 2 aromatic heterocycles. The minimum atomic E-state index is -4.79. The quantitative estimate of drug-likeness (QED) is 0.370. The summed E-state index contributed by atoms with van der Waals surface area (Å²) < 4.78 is 39.1. The Morgan fingerprint density at radius 2 is 0.959 bits per heavy atom. The number of aromatic nitrogens is 4. The van der Waals surface area contributed by atoms with Crippen LogP contribution < -0.4 is 0 Å². The van der Waals surface area contributed by atoms with Crippen LogP contribution in [0.25, 0.3) is 0 Å². The van der Waals surface area contributed by atoms with Crippen LogP contribution in [0.3, 0.4) is 0 Å². The summed E-state index contributed by atoms with van der Waals surface area (Å²) in [6.45, 7) is 4.97. The van der Waals surface area contributed by atoms with Gasteiger partial charge in [-0.3, -0.25) is 0 Å². The first kappa shape index (κ1) is 33.6. The van der Waals surface area contributed by atoms with Crippen molar-refractivity contribution in [1.29, 1.82) is 0 Å². The highest BCUT2D eigenvalue weighted by molar-refractivity contribution is 7.81. The molecule has 8 rings (SSSR count). The third-order valence-corrected chi connectivity index (χ3v) is 14.6. The first-order valence-electron chi connectivity index (χ1n) is 17.4. The van der Waals surface area contributed by atoms with E-state index in [1.54, 1.807) is 32.5 Å². The number of carbonyl (C=O) groups excluding carboxylic acids is 2. The summed E-state index contributed by atoms with van der Waals surface area (Å²) in [5.74, 6) is 0.739. The summed E-state index contributed by atoms with van der Waals surface area (Å²) >= 11 is 3.11. The van der Waals surface area contributed by atoms with Gasteiger partial charge in [0.05, 0.1) is 78.5 Å². The number of amides is 4. The Hall–Kier alpha value is -2.55. The van der Waals surface area contributed by atoms with Crippen LogP contribution in [0.5, 0.6) is 0 Å². The number of quaternary nitrogens is 2. The standard InChI is InChI=1S/C30H46N10O6S3/c1-39(2)13-9-19(10-14-39)25-31-33-27(47-25)23-7-5-21-17-35(23)29(41)37(21)45-49(43,44)46-38-22-6-8-24(36(18-22)30(38)42)28-34-32-26(48-28)20-11-15-40(3,4)16-12-20/h19-24H,5-18H2,1-4H3/q+2/t21-,22-,23+,24+/m1/s1. The van der Waals surface area contributed by atoms with Crippen molar-refractivity contribution in [2.45, 2.75) is 87.4 Å². The topological polar surface area (TPSA) is 151 Å². The number of piperidine rings is 4. The van der Waals surface area contributed by atoms with Crippen molar-refractivity contribution in [2.75, 3.05) is 67.5 Å². The molecule has 0 aromatic carbocycles. The Labute approximate surface area is 295 Å². The molecule has 4 atom stereocenters. The zero-order valence-electron chi connectivity index (χ0n) is 28.5. The molecule has 0 N–H and O–H groups in total. The van der Waals surface area contributed by atoms with Gasteiger partial charge in [-0.25, -0.2) is 9.59 Å². The number of hydroxylamine groups is 4. The zero-order chi connectivity index (χ0) is 34.3. The Kier molecular flexibility index (Phi) is 8.43. The summed E-state index contributed by atoms with van der Waals surface area (Å²) in [6, 6.07) is -2.63. The van der Waals surface area contributed by atoms with E-state index in [1.165, 1.54) is 0 Å². The molecular weight excluding hydrogens is 693 g/mol. The van der Waals surface area contributed by atoms with Gasteiger partial charge in [0.25, 0.3) is 0 Å². The minimum Gasteiger partial charge on any atom is -0.328 e. The van der Waals surface area contributed by atoms with Gasteiger partial charge in [-0.2, -0.15) is 18.5 Å². The Morgan fingerprint density at radius 3 is 1.35 bits per heavy atom. The lowest BCUT2D eigenvalue weighted by atomic mass is 9.97. The van der Waals surface area contributed by atoms with Crippen LogP contribution in [0, 0.1) is 0 Å². The van der Waals surface area contributed by atoms with E-state index in [0.29, 0.717) is 50.6 Å². The second-order valence-electron chi connectivity index (χ2n) is 15.8. The number of urea groups is 2. The molecule has 6 aliphatic heterocycles. The van der Waals surface area contributed by atoms with Gasteiger partial charge >= 0.3 is 22.5 Å². The Balaban J connectivity index is 0.890. The number of rotatable bonds is 8. The maximum absolute atomic E-state index is 13.5. The maximum Gasteiger partial charge on any atom is 0.442 e. The van der Waals surface area contributed by atoms with E-state index in [1.807, 2.05) is 0 Å². The summed E-state index contributed by atoms with van der Waals surface area (Å²) in [6.07, 6.45) is 6.52. The molecule has 16 nitrogen and oxygen atoms in total. The average Bonchev–Trinajstić information content (AvgIpc) is 3.84. The molecule has 0 saturated carbocycles. The van der Waals surface area contributed by atoms with Crippen LogP contribution >= 0.6 is 22.7 Å². The van der Waals surface area contributed by atoms with Crippen molar-refractivity contribution < 1.29 is 35.5 Å². The van der Waals surface area contributed by atoms with Crippen molar-refractivity contribution in [3.8, 4) is 0 Å². The van der Waals surface area contributed by atoms with Crippen LogP contribution in [0.4, 0.5) is 9.59 Å². The molecule has 49 heavy (non-hydrogen) atoms. The number of likely N-dealkylation sites (tertiary alicyclic amines) is 2. The second kappa shape index (κ2) is 12.3. The predicted octanol–water partition coefficient (Wildman–Crippen LogP) is 2.99. The minimum absolute atomic E-state index is 0.294. The molecule has 0 spiro atoms. The number of nitrogens with zero attached hydrogens (tertiary/aromatic N) is 10. The van der Waals surface area contributed by atoms with Crippen LogP contribution in [0.2, 0.25) is 0 Å². The first-order chi connectivity index (χ1) is 23.3. The highest BCUT2D eigenvalue weighted by Crippen LogP contribution is 2.44. The molecule has 6 saturated heterocycles. The molecule has 8 heterocycles. The van der Waals surface area contributed by atoms with Crippen molar-refractivity contribution >= 4 is 45.1 Å². The van der Waals surface area contributed by atoms with E-state index < -0.39 is 34.5 Å². The number of fused-ring (bicyclic) bond motifs is 4. The van der Waals surface area contributed by atoms with Gasteiger partial charge in [0, 0.05) is 50.6 Å². The third kappa shape index (κ3) is 6.44. The molecule has 0 radical (unpaired) electrons. The van der Waals surface area contributed by atoms with Crippen molar-refractivity contribution in [3.05, 3.63) is 20.0 Å². The van der Waals surface area contributed by atoms with Crippen molar-refractivity contribution in [1.82, 2.24) is 40.3 Å². The predicted molar refractivity (Wildman–Crippen MR) is 178 cm³/mol. The van der Waals surface area contributed by atoms with Gasteiger partial charge in [-0.1, -0.05) is 22.7 Å². The molecule has 268 valence electrons. The fraction of sp³-hybridized carbons (Fsp3) is 0.800. The van der Waals surface area contributed by atoms with E-state index in [0.717, 1.165) is 91.0 Å². The fourth-order valence-corrected chi connectivity index (χ4v) is 11.4. The molecule has 0 unspecified atom stereocenters. The Morgan fingerprint density at radius 1 is 0.592 bits per heavy atom. The fourth-order valence-electron chi connectivity index (χ4n) is 8.30. The second-order valence-corrected chi connectivity index (χ2v) is 19.0. The maximum atomic E-state index is 13.5. The summed E-state index contributed by atoms with van der Waals surface area (Å²) in [4.78, 5) is 30.3. The lowest BCUT2D eigenvalue weighted by Gasteiger charge is -2.36. The molecule has 4 amide bonds. The van der Waals surface area contributed by atoms with Gasteiger partial charge in [-0.15, -0.1) is 29.0 Å². The third-order valence-electron chi connectivity index (χ3n) is 11.5. The van der Waals surface area contributed by atoms with Crippen LogP contribution in [0.15, 0.2) is 0 Å². The SMILES string of the molecule is C[N+]1(C)CCC(c2nnc([C@@H]3CC[C@@H]4CN3C(=O)N4OS(=O)(=O)ON3C(=O)N4C[C@H]3CC[C@H]4c3nnc(C4CC[N+](C)(C)CC4)s3)s2)CC1. The average molecular weight is 739 g/mol. The number of hydrogen-bond donors (Lipinski definition) is 0. The van der Waals surface area contributed by atoms with Crippen LogP contribution in [0.1, 0.15) is 95.3 Å². The molecule has 6 fully saturated rings. The summed E-state index contributed by atoms with van der Waals surface area (Å²) in [7, 11) is 4.18. The smallest absolute Gasteiger partial charge is 0.328 e. The van der Waals surface area contributed by atoms with Gasteiger partial charge in [0.15, 0.2) is 0 Å². The normalized spacial score (nSPS) is 30.5. The lowest BCUT2D eigenvalue weighted by Crippen LogP contribution is -2.45. The van der Waals surface area contributed by atoms with Gasteiger partial charge < -0.3 is 18.8 Å². The number of hydrogen-bond acceptors (Lipinski definition) is 12. The van der Waals surface area contributed by atoms with Crippen LogP contribution in [-0.4, -0.2) is 149 Å². The number of carbonyl (C=O) groups is 2. The highest BCUT2D eigenvalue weighted by Gasteiger charge is 2.52. The van der Waals surface area contributed by atoms with Gasteiger partial charge in [0.2, 0.25) is 0 Å². The first-order valence-corrected chi connectivity index (χ1v) is 20.4. The van der Waals surface area contributed by atoms with Crippen molar-refractivity contribution in [2.24, 2.45) is 0 Å². The van der Waals surface area contributed by atoms with E-state index in [-0.39, 0.29) is 12.1 Å². The largest absolute Gasteiger partial charge is 0.442 e. The molecule has 4 bridgehead atoms. The summed E-state index contributed by atoms with van der Waals surface area (Å²) in [5.41, 5.74) is 0. The zero-order valence-corrected chi connectivity index (χ0v) is 31.0. The van der Waals surface area contributed by atoms with E-state index in [4.69, 9.17) is 8.57 Å².